The van der Waals surface area contributed by atoms with Gasteiger partial charge < -0.3 is 19.5 Å². The Balaban J connectivity index is 1.81. The predicted octanol–water partition coefficient (Wildman–Crippen LogP) is 3.08. The Hall–Kier alpha value is -3.06. The minimum Gasteiger partial charge on any atom is -0.482 e. The lowest BCUT2D eigenvalue weighted by atomic mass is 10.2. The molecule has 2 aromatic rings. The number of benzene rings is 2. The molecule has 27 heavy (non-hydrogen) atoms. The SMILES string of the molecule is CCOC(=O)c1ccccc1NC(=O)COC(=O)COc1ccc(Cl)cc1. The maximum absolute atomic E-state index is 12.0. The van der Waals surface area contributed by atoms with Crippen LogP contribution in [0.4, 0.5) is 5.69 Å². The number of halogens is 1. The van der Waals surface area contributed by atoms with Crippen LogP contribution in [0.15, 0.2) is 48.5 Å². The molecule has 0 spiro atoms. The Kier molecular flexibility index (Phi) is 7.63. The van der Waals surface area contributed by atoms with Gasteiger partial charge in [0.15, 0.2) is 13.2 Å². The summed E-state index contributed by atoms with van der Waals surface area (Å²) in [6.07, 6.45) is 0. The van der Waals surface area contributed by atoms with Crippen molar-refractivity contribution in [3.63, 3.8) is 0 Å². The van der Waals surface area contributed by atoms with Crippen LogP contribution in [-0.4, -0.2) is 37.7 Å². The molecule has 0 aliphatic carbocycles. The molecular weight excluding hydrogens is 374 g/mol. The van der Waals surface area contributed by atoms with Crippen molar-refractivity contribution < 1.29 is 28.6 Å². The number of hydrogen-bond donors (Lipinski definition) is 1. The van der Waals surface area contributed by atoms with Gasteiger partial charge in [0.2, 0.25) is 0 Å². The van der Waals surface area contributed by atoms with Crippen LogP contribution in [-0.2, 0) is 19.1 Å². The van der Waals surface area contributed by atoms with Crippen LogP contribution in [0.5, 0.6) is 5.75 Å². The maximum atomic E-state index is 12.0. The number of amides is 1. The van der Waals surface area contributed by atoms with Crippen LogP contribution in [0.25, 0.3) is 0 Å². The monoisotopic (exact) mass is 391 g/mol. The molecular formula is C19H18ClNO6. The zero-order chi connectivity index (χ0) is 19.6. The van der Waals surface area contributed by atoms with Crippen LogP contribution in [0, 0.1) is 0 Å². The lowest BCUT2D eigenvalue weighted by Gasteiger charge is -2.11. The molecule has 0 saturated carbocycles. The van der Waals surface area contributed by atoms with Crippen molar-refractivity contribution in [1.29, 1.82) is 0 Å². The van der Waals surface area contributed by atoms with Crippen LogP contribution in [0.3, 0.4) is 0 Å². The van der Waals surface area contributed by atoms with E-state index in [-0.39, 0.29) is 24.5 Å². The Morgan fingerprint density at radius 3 is 2.37 bits per heavy atom. The predicted molar refractivity (Wildman–Crippen MR) is 98.9 cm³/mol. The molecule has 0 saturated heterocycles. The molecule has 0 radical (unpaired) electrons. The van der Waals surface area contributed by atoms with Gasteiger partial charge in [-0.1, -0.05) is 23.7 Å². The molecule has 7 nitrogen and oxygen atoms in total. The minimum absolute atomic E-state index is 0.213. The quantitative estimate of drug-likeness (QED) is 0.695. The molecule has 2 rings (SSSR count). The van der Waals surface area contributed by atoms with Gasteiger partial charge in [0.1, 0.15) is 5.75 Å². The van der Waals surface area contributed by atoms with Gasteiger partial charge in [0, 0.05) is 5.02 Å². The largest absolute Gasteiger partial charge is 0.482 e. The highest BCUT2D eigenvalue weighted by Gasteiger charge is 2.15. The van der Waals surface area contributed by atoms with Crippen molar-refractivity contribution in [1.82, 2.24) is 0 Å². The average molecular weight is 392 g/mol. The van der Waals surface area contributed by atoms with Crippen molar-refractivity contribution in [2.24, 2.45) is 0 Å². The van der Waals surface area contributed by atoms with E-state index in [1.54, 1.807) is 49.4 Å². The highest BCUT2D eigenvalue weighted by atomic mass is 35.5. The molecule has 1 N–H and O–H groups in total. The number of carbonyl (C=O) groups excluding carboxylic acids is 3. The van der Waals surface area contributed by atoms with Gasteiger partial charge >= 0.3 is 11.9 Å². The summed E-state index contributed by atoms with van der Waals surface area (Å²) in [6, 6.07) is 12.8. The molecule has 8 heteroatoms. The molecule has 0 aliphatic rings. The van der Waals surface area contributed by atoms with Crippen LogP contribution < -0.4 is 10.1 Å². The molecule has 0 unspecified atom stereocenters. The summed E-state index contributed by atoms with van der Waals surface area (Å²) in [5.41, 5.74) is 0.486. The molecule has 0 atom stereocenters. The number of anilines is 1. The van der Waals surface area contributed by atoms with Gasteiger partial charge in [-0.15, -0.1) is 0 Å². The first-order valence-corrected chi connectivity index (χ1v) is 8.47. The molecule has 142 valence electrons. The smallest absolute Gasteiger partial charge is 0.344 e. The van der Waals surface area contributed by atoms with E-state index in [9.17, 15) is 14.4 Å². The minimum atomic E-state index is -0.709. The lowest BCUT2D eigenvalue weighted by Crippen LogP contribution is -2.24. The Morgan fingerprint density at radius 2 is 1.67 bits per heavy atom. The second kappa shape index (κ2) is 10.2. The van der Waals surface area contributed by atoms with E-state index in [0.717, 1.165) is 0 Å². The third-order valence-corrected chi connectivity index (χ3v) is 3.48. The Morgan fingerprint density at radius 1 is 0.963 bits per heavy atom. The fourth-order valence-corrected chi connectivity index (χ4v) is 2.15. The summed E-state index contributed by atoms with van der Waals surface area (Å²) in [5, 5.41) is 3.06. The first kappa shape index (κ1) is 20.3. The molecule has 2 aromatic carbocycles. The van der Waals surface area contributed by atoms with Gasteiger partial charge in [-0.2, -0.15) is 0 Å². The highest BCUT2D eigenvalue weighted by molar-refractivity contribution is 6.30. The van der Waals surface area contributed by atoms with E-state index >= 15 is 0 Å². The van der Waals surface area contributed by atoms with Crippen molar-refractivity contribution >= 4 is 35.1 Å². The highest BCUT2D eigenvalue weighted by Crippen LogP contribution is 2.17. The van der Waals surface area contributed by atoms with Gasteiger partial charge in [-0.25, -0.2) is 9.59 Å². The first-order chi connectivity index (χ1) is 13.0. The zero-order valence-electron chi connectivity index (χ0n) is 14.6. The summed E-state index contributed by atoms with van der Waals surface area (Å²) in [4.78, 5) is 35.5. The van der Waals surface area contributed by atoms with E-state index in [1.165, 1.54) is 6.07 Å². The number of carbonyl (C=O) groups is 3. The number of rotatable bonds is 8. The van der Waals surface area contributed by atoms with E-state index in [4.69, 9.17) is 25.8 Å². The summed E-state index contributed by atoms with van der Waals surface area (Å²) >= 11 is 5.75. The van der Waals surface area contributed by atoms with Gasteiger partial charge in [0.05, 0.1) is 17.9 Å². The Bertz CT molecular complexity index is 806. The van der Waals surface area contributed by atoms with Crippen LogP contribution in [0.2, 0.25) is 5.02 Å². The van der Waals surface area contributed by atoms with Crippen LogP contribution in [0.1, 0.15) is 17.3 Å². The molecule has 0 fully saturated rings. The van der Waals surface area contributed by atoms with E-state index in [0.29, 0.717) is 10.8 Å². The topological polar surface area (TPSA) is 90.9 Å². The Labute approximate surface area is 161 Å². The van der Waals surface area contributed by atoms with Gasteiger partial charge in [0.25, 0.3) is 5.91 Å². The third kappa shape index (κ3) is 6.63. The number of esters is 2. The van der Waals surface area contributed by atoms with Gasteiger partial charge in [-0.3, -0.25) is 4.79 Å². The van der Waals surface area contributed by atoms with E-state index in [2.05, 4.69) is 5.32 Å². The van der Waals surface area contributed by atoms with Gasteiger partial charge in [-0.05, 0) is 43.3 Å². The molecule has 0 aromatic heterocycles. The average Bonchev–Trinajstić information content (AvgIpc) is 2.66. The zero-order valence-corrected chi connectivity index (χ0v) is 15.3. The number of nitrogens with one attached hydrogen (secondary N) is 1. The fourth-order valence-electron chi connectivity index (χ4n) is 2.03. The lowest BCUT2D eigenvalue weighted by molar-refractivity contribution is -0.149. The number of para-hydroxylation sites is 1. The molecule has 1 amide bonds. The third-order valence-electron chi connectivity index (χ3n) is 3.23. The molecule has 0 bridgehead atoms. The van der Waals surface area contributed by atoms with Crippen molar-refractivity contribution in [3.8, 4) is 5.75 Å². The fraction of sp³-hybridized carbons (Fsp3) is 0.211. The second-order valence-corrected chi connectivity index (χ2v) is 5.65. The van der Waals surface area contributed by atoms with E-state index in [1.807, 2.05) is 0 Å². The first-order valence-electron chi connectivity index (χ1n) is 8.09. The van der Waals surface area contributed by atoms with E-state index < -0.39 is 24.5 Å². The summed E-state index contributed by atoms with van der Waals surface area (Å²) in [6.45, 7) is 1.03. The maximum Gasteiger partial charge on any atom is 0.344 e. The summed E-state index contributed by atoms with van der Waals surface area (Å²) in [5.74, 6) is -1.41. The van der Waals surface area contributed by atoms with Crippen molar-refractivity contribution in [2.45, 2.75) is 6.92 Å². The van der Waals surface area contributed by atoms with Crippen molar-refractivity contribution in [2.75, 3.05) is 25.1 Å². The molecule has 0 aliphatic heterocycles. The number of hydrogen-bond acceptors (Lipinski definition) is 6. The standard InChI is InChI=1S/C19H18ClNO6/c1-2-25-19(24)15-5-3-4-6-16(15)21-17(22)11-27-18(23)12-26-14-9-7-13(20)8-10-14/h3-10H,2,11-12H2,1H3,(H,21,22). The molecule has 0 heterocycles. The number of ether oxygens (including phenoxy) is 3. The second-order valence-electron chi connectivity index (χ2n) is 5.22. The summed E-state index contributed by atoms with van der Waals surface area (Å²) < 4.78 is 15.0. The van der Waals surface area contributed by atoms with Crippen molar-refractivity contribution in [3.05, 3.63) is 59.1 Å². The summed E-state index contributed by atoms with van der Waals surface area (Å²) in [7, 11) is 0. The van der Waals surface area contributed by atoms with Crippen LogP contribution >= 0.6 is 11.6 Å². The normalized spacial score (nSPS) is 10.0.